The summed E-state index contributed by atoms with van der Waals surface area (Å²) in [6.45, 7) is 1.18. The van der Waals surface area contributed by atoms with E-state index in [2.05, 4.69) is 5.32 Å². The Morgan fingerprint density at radius 3 is 2.22 bits per heavy atom. The van der Waals surface area contributed by atoms with E-state index >= 15 is 0 Å². The zero-order chi connectivity index (χ0) is 27.8. The van der Waals surface area contributed by atoms with Crippen molar-refractivity contribution in [1.82, 2.24) is 10.0 Å². The molecule has 1 saturated carbocycles. The highest BCUT2D eigenvalue weighted by molar-refractivity contribution is 7.90. The summed E-state index contributed by atoms with van der Waals surface area (Å²) in [7, 11) is -5.78. The molecule has 6 N–H and O–H groups in total. The summed E-state index contributed by atoms with van der Waals surface area (Å²) in [6.07, 6.45) is 1.93. The van der Waals surface area contributed by atoms with Gasteiger partial charge in [-0.1, -0.05) is 12.1 Å². The fourth-order valence-electron chi connectivity index (χ4n) is 2.85. The molecule has 1 aliphatic rings. The van der Waals surface area contributed by atoms with Crippen LogP contribution in [0.4, 0.5) is 0 Å². The number of para-hydroxylation sites is 1. The average molecular weight is 556 g/mol. The van der Waals surface area contributed by atoms with Crippen LogP contribution < -0.4 is 20.5 Å². The second-order valence-electron chi connectivity index (χ2n) is 8.42. The first-order valence-corrected chi connectivity index (χ1v) is 14.9. The van der Waals surface area contributed by atoms with E-state index in [0.717, 1.165) is 12.8 Å². The number of hydrogen-bond donors (Lipinski definition) is 5. The number of methoxy groups -OCH3 is 1. The molecule has 2 aromatic carbocycles. The standard InChI is InChI=1S/C18H18N2O5S.C5H12NO4P/c1-25-16-5-3-2-4-15(16)18(22)20-26(23,24)14-10-6-12(7-11-14)17(21)19-13-8-9-13;1-11(9,10)3-2-4(6)5(7)8/h2-7,10-11,13H,8-9H2,1H3,(H,19,21)(H,20,22);4H,2-3,6H2,1H3,(H,7,8)(H,9,10). The molecular weight excluding hydrogens is 525 g/mol. The smallest absolute Gasteiger partial charge is 0.320 e. The highest BCUT2D eigenvalue weighted by atomic mass is 32.2. The lowest BCUT2D eigenvalue weighted by Gasteiger charge is -2.10. The van der Waals surface area contributed by atoms with Crippen LogP contribution in [0.3, 0.4) is 0 Å². The zero-order valence-electron chi connectivity index (χ0n) is 20.3. The molecule has 0 spiro atoms. The highest BCUT2D eigenvalue weighted by Gasteiger charge is 2.25. The summed E-state index contributed by atoms with van der Waals surface area (Å²) in [6, 6.07) is 10.9. The molecule has 2 aromatic rings. The minimum atomic E-state index is -4.07. The Balaban J connectivity index is 0.000000371. The molecule has 0 bridgehead atoms. The molecule has 1 fully saturated rings. The Morgan fingerprint density at radius 1 is 1.11 bits per heavy atom. The van der Waals surface area contributed by atoms with Crippen molar-refractivity contribution in [3.63, 3.8) is 0 Å². The van der Waals surface area contributed by atoms with Crippen LogP contribution in [0, 0.1) is 0 Å². The minimum Gasteiger partial charge on any atom is -0.496 e. The molecule has 0 radical (unpaired) electrons. The van der Waals surface area contributed by atoms with E-state index in [1.807, 2.05) is 4.72 Å². The van der Waals surface area contributed by atoms with Crippen LogP contribution in [0.2, 0.25) is 0 Å². The number of ether oxygens (including phenoxy) is 1. The van der Waals surface area contributed by atoms with Gasteiger partial charge in [-0.05, 0) is 55.7 Å². The number of sulfonamides is 1. The van der Waals surface area contributed by atoms with Crippen LogP contribution in [0.15, 0.2) is 53.4 Å². The summed E-state index contributed by atoms with van der Waals surface area (Å²) in [5.41, 5.74) is 5.57. The Hall–Kier alpha value is -3.25. The van der Waals surface area contributed by atoms with Gasteiger partial charge in [-0.15, -0.1) is 0 Å². The molecule has 12 nitrogen and oxygen atoms in total. The number of hydrogen-bond acceptors (Lipinski definition) is 8. The van der Waals surface area contributed by atoms with E-state index in [0.29, 0.717) is 5.56 Å². The van der Waals surface area contributed by atoms with Gasteiger partial charge < -0.3 is 25.8 Å². The van der Waals surface area contributed by atoms with E-state index in [9.17, 15) is 27.4 Å². The number of benzene rings is 2. The van der Waals surface area contributed by atoms with Gasteiger partial charge in [0.05, 0.1) is 17.6 Å². The summed E-state index contributed by atoms with van der Waals surface area (Å²) in [4.78, 5) is 43.0. The first-order valence-electron chi connectivity index (χ1n) is 11.1. The van der Waals surface area contributed by atoms with E-state index in [1.165, 1.54) is 44.1 Å². The lowest BCUT2D eigenvalue weighted by molar-refractivity contribution is -0.138. The van der Waals surface area contributed by atoms with Crippen LogP contribution in [0.5, 0.6) is 5.75 Å². The largest absolute Gasteiger partial charge is 0.496 e. The number of carboxylic acid groups (broad SMARTS) is 1. The third kappa shape index (κ3) is 9.96. The molecule has 1 aliphatic carbocycles. The van der Waals surface area contributed by atoms with Gasteiger partial charge >= 0.3 is 5.97 Å². The van der Waals surface area contributed by atoms with Gasteiger partial charge in [0.2, 0.25) is 0 Å². The molecule has 2 atom stereocenters. The third-order valence-corrected chi connectivity index (χ3v) is 7.53. The monoisotopic (exact) mass is 555 g/mol. The SMILES string of the molecule is COc1ccccc1C(=O)NS(=O)(=O)c1ccc(C(=O)NC2CC2)cc1.CP(=O)(O)CCC(N)C(=O)O. The van der Waals surface area contributed by atoms with Crippen LogP contribution in [-0.4, -0.2) is 68.2 Å². The van der Waals surface area contributed by atoms with Crippen LogP contribution >= 0.6 is 7.37 Å². The highest BCUT2D eigenvalue weighted by Crippen LogP contribution is 2.35. The molecule has 3 rings (SSSR count). The normalized spacial score (nSPS) is 15.2. The summed E-state index contributed by atoms with van der Waals surface area (Å²) in [5.74, 6) is -1.90. The van der Waals surface area contributed by atoms with Crippen LogP contribution in [-0.2, 0) is 19.4 Å². The van der Waals surface area contributed by atoms with Gasteiger partial charge in [-0.25, -0.2) is 13.1 Å². The van der Waals surface area contributed by atoms with E-state index in [-0.39, 0.29) is 40.7 Å². The summed E-state index contributed by atoms with van der Waals surface area (Å²) in [5, 5.41) is 11.1. The van der Waals surface area contributed by atoms with Crippen molar-refractivity contribution in [1.29, 1.82) is 0 Å². The predicted molar refractivity (Wildman–Crippen MR) is 135 cm³/mol. The molecule has 2 amide bonds. The Kier molecular flexibility index (Phi) is 10.4. The molecule has 0 saturated heterocycles. The number of nitrogens with one attached hydrogen (secondary N) is 2. The fraction of sp³-hybridized carbons (Fsp3) is 0.348. The number of aliphatic carboxylic acids is 1. The van der Waals surface area contributed by atoms with Crippen LogP contribution in [0.25, 0.3) is 0 Å². The second kappa shape index (κ2) is 12.8. The second-order valence-corrected chi connectivity index (χ2v) is 12.6. The number of rotatable bonds is 10. The number of carbonyl (C=O) groups is 3. The quantitative estimate of drug-likeness (QED) is 0.267. The topological polar surface area (TPSA) is 202 Å². The molecule has 0 heterocycles. The van der Waals surface area contributed by atoms with Crippen molar-refractivity contribution in [3.05, 3.63) is 59.7 Å². The van der Waals surface area contributed by atoms with Crippen molar-refractivity contribution in [2.75, 3.05) is 19.9 Å². The molecule has 2 unspecified atom stereocenters. The lowest BCUT2D eigenvalue weighted by atomic mass is 10.2. The summed E-state index contributed by atoms with van der Waals surface area (Å²) >= 11 is 0. The number of carboxylic acids is 1. The number of carbonyl (C=O) groups excluding carboxylic acids is 2. The van der Waals surface area contributed by atoms with E-state index < -0.39 is 35.3 Å². The van der Waals surface area contributed by atoms with Gasteiger partial charge in [-0.3, -0.25) is 18.9 Å². The first kappa shape index (κ1) is 30.0. The summed E-state index contributed by atoms with van der Waals surface area (Å²) < 4.78 is 42.5. The Morgan fingerprint density at radius 2 is 1.70 bits per heavy atom. The van der Waals surface area contributed by atoms with Crippen molar-refractivity contribution in [2.24, 2.45) is 5.73 Å². The maximum absolute atomic E-state index is 12.4. The lowest BCUT2D eigenvalue weighted by Crippen LogP contribution is -2.31. The number of amides is 2. The van der Waals surface area contributed by atoms with Crippen molar-refractivity contribution < 1.29 is 42.1 Å². The van der Waals surface area contributed by atoms with Gasteiger partial charge in [0.1, 0.15) is 11.8 Å². The third-order valence-electron chi connectivity index (χ3n) is 5.09. The zero-order valence-corrected chi connectivity index (χ0v) is 22.0. The van der Waals surface area contributed by atoms with Gasteiger partial charge in [-0.2, -0.15) is 0 Å². The van der Waals surface area contributed by atoms with Gasteiger partial charge in [0, 0.05) is 24.4 Å². The molecule has 0 aliphatic heterocycles. The fourth-order valence-corrected chi connectivity index (χ4v) is 4.58. The minimum absolute atomic E-state index is 0.0412. The molecule has 202 valence electrons. The Bertz CT molecular complexity index is 1270. The van der Waals surface area contributed by atoms with Gasteiger partial charge in [0.15, 0.2) is 7.37 Å². The first-order chi connectivity index (χ1) is 17.2. The van der Waals surface area contributed by atoms with Gasteiger partial charge in [0.25, 0.3) is 21.8 Å². The van der Waals surface area contributed by atoms with E-state index in [1.54, 1.807) is 18.2 Å². The van der Waals surface area contributed by atoms with Crippen molar-refractivity contribution in [2.45, 2.75) is 36.2 Å². The maximum atomic E-state index is 12.4. The molecule has 0 aromatic heterocycles. The van der Waals surface area contributed by atoms with Crippen molar-refractivity contribution in [3.8, 4) is 5.75 Å². The van der Waals surface area contributed by atoms with E-state index in [4.69, 9.17) is 20.5 Å². The predicted octanol–water partition coefficient (Wildman–Crippen LogP) is 1.39. The molecular formula is C23H30N3O9PS. The molecule has 14 heteroatoms. The van der Waals surface area contributed by atoms with Crippen molar-refractivity contribution >= 4 is 35.2 Å². The number of nitrogens with two attached hydrogens (primary N) is 1. The van der Waals surface area contributed by atoms with Crippen LogP contribution in [0.1, 0.15) is 40.0 Å². The Labute approximate surface area is 214 Å². The molecule has 37 heavy (non-hydrogen) atoms. The maximum Gasteiger partial charge on any atom is 0.320 e. The average Bonchev–Trinajstić information content (AvgIpc) is 3.66.